The molecule has 0 spiro atoms. The van der Waals surface area contributed by atoms with E-state index in [1.807, 2.05) is 45.0 Å². The molecule has 0 bridgehead atoms. The molecule has 0 heterocycles. The van der Waals surface area contributed by atoms with Gasteiger partial charge in [-0.15, -0.1) is 0 Å². The molecule has 0 aliphatic heterocycles. The van der Waals surface area contributed by atoms with Crippen LogP contribution in [0.1, 0.15) is 52.0 Å². The Labute approximate surface area is 212 Å². The summed E-state index contributed by atoms with van der Waals surface area (Å²) in [6, 6.07) is 11.9. The number of ether oxygens (including phenoxy) is 2. The highest BCUT2D eigenvalue weighted by Gasteiger charge is 2.30. The van der Waals surface area contributed by atoms with Gasteiger partial charge in [0.05, 0.1) is 13.7 Å². The smallest absolute Gasteiger partial charge is 0.243 e. The summed E-state index contributed by atoms with van der Waals surface area (Å²) in [5.74, 6) is 1.12. The van der Waals surface area contributed by atoms with Gasteiger partial charge in [-0.25, -0.2) is 0 Å². The van der Waals surface area contributed by atoms with Crippen LogP contribution in [-0.4, -0.2) is 42.5 Å². The summed E-state index contributed by atoms with van der Waals surface area (Å²) < 4.78 is 10.9. The van der Waals surface area contributed by atoms with Crippen LogP contribution >= 0.6 is 23.2 Å². The second-order valence-electron chi connectivity index (χ2n) is 8.09. The van der Waals surface area contributed by atoms with Crippen LogP contribution in [0.25, 0.3) is 0 Å². The maximum Gasteiger partial charge on any atom is 0.243 e. The van der Waals surface area contributed by atoms with Crippen molar-refractivity contribution in [1.82, 2.24) is 10.2 Å². The Kier molecular flexibility index (Phi) is 11.5. The zero-order valence-electron chi connectivity index (χ0n) is 20.3. The lowest BCUT2D eigenvalue weighted by molar-refractivity contribution is -0.141. The van der Waals surface area contributed by atoms with E-state index in [0.29, 0.717) is 40.8 Å². The predicted molar refractivity (Wildman–Crippen MR) is 137 cm³/mol. The van der Waals surface area contributed by atoms with Crippen LogP contribution in [0.5, 0.6) is 11.5 Å². The van der Waals surface area contributed by atoms with Gasteiger partial charge in [-0.2, -0.15) is 0 Å². The third-order valence-corrected chi connectivity index (χ3v) is 6.35. The molecule has 2 aromatic rings. The Morgan fingerprint density at radius 3 is 2.18 bits per heavy atom. The maximum atomic E-state index is 13.3. The van der Waals surface area contributed by atoms with E-state index >= 15 is 0 Å². The average molecular weight is 509 g/mol. The molecule has 0 radical (unpaired) electrons. The minimum Gasteiger partial charge on any atom is -0.497 e. The maximum absolute atomic E-state index is 13.3. The Balaban J connectivity index is 2.11. The van der Waals surface area contributed by atoms with E-state index in [4.69, 9.17) is 32.7 Å². The molecule has 34 heavy (non-hydrogen) atoms. The summed E-state index contributed by atoms with van der Waals surface area (Å²) >= 11 is 12.8. The summed E-state index contributed by atoms with van der Waals surface area (Å²) in [4.78, 5) is 27.9. The molecular weight excluding hydrogens is 475 g/mol. The van der Waals surface area contributed by atoms with Crippen LogP contribution in [0.3, 0.4) is 0 Å². The predicted octanol–water partition coefficient (Wildman–Crippen LogP) is 5.88. The molecule has 2 rings (SSSR count). The summed E-state index contributed by atoms with van der Waals surface area (Å²) in [7, 11) is 1.61. The number of amides is 2. The Morgan fingerprint density at radius 2 is 1.62 bits per heavy atom. The van der Waals surface area contributed by atoms with E-state index in [1.165, 1.54) is 0 Å². The lowest BCUT2D eigenvalue weighted by Crippen LogP contribution is -2.50. The molecule has 186 valence electrons. The van der Waals surface area contributed by atoms with Gasteiger partial charge in [0.25, 0.3) is 0 Å². The Hall–Kier alpha value is -2.44. The fraction of sp³-hybridized carbons (Fsp3) is 0.462. The average Bonchev–Trinajstić information content (AvgIpc) is 2.83. The zero-order valence-corrected chi connectivity index (χ0v) is 21.8. The minimum absolute atomic E-state index is 0.0142. The molecule has 2 aromatic carbocycles. The minimum atomic E-state index is -0.628. The molecular formula is C26H34Cl2N2O4. The van der Waals surface area contributed by atoms with Crippen LogP contribution in [0, 0.1) is 0 Å². The first-order chi connectivity index (χ1) is 16.3. The molecule has 1 N–H and O–H groups in total. The normalized spacial score (nSPS) is 12.5. The van der Waals surface area contributed by atoms with Crippen molar-refractivity contribution in [2.75, 3.05) is 13.7 Å². The monoisotopic (exact) mass is 508 g/mol. The molecule has 8 heteroatoms. The molecule has 2 amide bonds. The highest BCUT2D eigenvalue weighted by atomic mass is 35.5. The van der Waals surface area contributed by atoms with Crippen LogP contribution in [0.2, 0.25) is 10.0 Å². The molecule has 2 atom stereocenters. The fourth-order valence-corrected chi connectivity index (χ4v) is 3.96. The molecule has 0 aliphatic rings. The largest absolute Gasteiger partial charge is 0.497 e. The van der Waals surface area contributed by atoms with Crippen molar-refractivity contribution < 1.29 is 19.1 Å². The highest BCUT2D eigenvalue weighted by molar-refractivity contribution is 6.36. The van der Waals surface area contributed by atoms with E-state index in [-0.39, 0.29) is 30.8 Å². The first-order valence-electron chi connectivity index (χ1n) is 11.6. The SMILES string of the molecule is CC[C@H](C(=O)N[C@@H](C)CC)N(Cc1c(Cl)cccc1Cl)C(=O)CCCOc1ccc(OC)cc1. The summed E-state index contributed by atoms with van der Waals surface area (Å²) in [5.41, 5.74) is 0.628. The standard InChI is InChI=1S/C26H34Cl2N2O4/c1-5-18(3)29-26(32)24(6-2)30(17-21-22(27)9-7-10-23(21)28)25(31)11-8-16-34-20-14-12-19(33-4)13-15-20/h7,9-10,12-15,18,24H,5-6,8,11,16-17H2,1-4H3,(H,29,32)/t18-,24+/m0/s1. The van der Waals surface area contributed by atoms with Gasteiger partial charge < -0.3 is 19.7 Å². The van der Waals surface area contributed by atoms with Crippen molar-refractivity contribution in [1.29, 1.82) is 0 Å². The highest BCUT2D eigenvalue weighted by Crippen LogP contribution is 2.27. The van der Waals surface area contributed by atoms with Crippen molar-refractivity contribution in [3.63, 3.8) is 0 Å². The van der Waals surface area contributed by atoms with Crippen LogP contribution in [0.4, 0.5) is 0 Å². The van der Waals surface area contributed by atoms with Crippen molar-refractivity contribution in [2.24, 2.45) is 0 Å². The number of nitrogens with zero attached hydrogens (tertiary/aromatic N) is 1. The summed E-state index contributed by atoms with van der Waals surface area (Å²) in [5, 5.41) is 3.92. The number of methoxy groups -OCH3 is 1. The van der Waals surface area contributed by atoms with Gasteiger partial charge in [-0.3, -0.25) is 9.59 Å². The lowest BCUT2D eigenvalue weighted by Gasteiger charge is -2.32. The van der Waals surface area contributed by atoms with Gasteiger partial charge in [0.2, 0.25) is 11.8 Å². The molecule has 0 saturated carbocycles. The number of hydrogen-bond donors (Lipinski definition) is 1. The Bertz CT molecular complexity index is 917. The number of rotatable bonds is 13. The lowest BCUT2D eigenvalue weighted by atomic mass is 10.1. The molecule has 0 saturated heterocycles. The number of carbonyl (C=O) groups is 2. The van der Waals surface area contributed by atoms with Gasteiger partial charge in [0, 0.05) is 34.6 Å². The molecule has 0 aromatic heterocycles. The topological polar surface area (TPSA) is 67.9 Å². The third-order valence-electron chi connectivity index (χ3n) is 5.64. The van der Waals surface area contributed by atoms with Crippen LogP contribution in [-0.2, 0) is 16.1 Å². The quantitative estimate of drug-likeness (QED) is 0.343. The first kappa shape index (κ1) is 27.8. The van der Waals surface area contributed by atoms with Gasteiger partial charge in [-0.1, -0.05) is 43.1 Å². The van der Waals surface area contributed by atoms with Crippen molar-refractivity contribution >= 4 is 35.0 Å². The van der Waals surface area contributed by atoms with Gasteiger partial charge in [-0.05, 0) is 62.6 Å². The van der Waals surface area contributed by atoms with E-state index in [1.54, 1.807) is 30.2 Å². The van der Waals surface area contributed by atoms with E-state index in [0.717, 1.165) is 12.2 Å². The number of hydrogen-bond acceptors (Lipinski definition) is 4. The second kappa shape index (κ2) is 14.1. The number of carbonyl (C=O) groups excluding carboxylic acids is 2. The third kappa shape index (κ3) is 8.10. The number of benzene rings is 2. The van der Waals surface area contributed by atoms with Gasteiger partial charge in [0.1, 0.15) is 17.5 Å². The first-order valence-corrected chi connectivity index (χ1v) is 12.4. The molecule has 0 unspecified atom stereocenters. The molecule has 0 fully saturated rings. The van der Waals surface area contributed by atoms with Crippen LogP contribution in [0.15, 0.2) is 42.5 Å². The fourth-order valence-electron chi connectivity index (χ4n) is 3.44. The van der Waals surface area contributed by atoms with Gasteiger partial charge in [0.15, 0.2) is 0 Å². The summed E-state index contributed by atoms with van der Waals surface area (Å²) in [6.45, 7) is 6.36. The second-order valence-corrected chi connectivity index (χ2v) is 8.91. The van der Waals surface area contributed by atoms with Crippen molar-refractivity contribution in [2.45, 2.75) is 65.1 Å². The summed E-state index contributed by atoms with van der Waals surface area (Å²) in [6.07, 6.45) is 2.00. The van der Waals surface area contributed by atoms with E-state index < -0.39 is 6.04 Å². The van der Waals surface area contributed by atoms with Gasteiger partial charge >= 0.3 is 0 Å². The molecule has 6 nitrogen and oxygen atoms in total. The van der Waals surface area contributed by atoms with Crippen molar-refractivity contribution in [3.05, 3.63) is 58.1 Å². The van der Waals surface area contributed by atoms with Crippen LogP contribution < -0.4 is 14.8 Å². The van der Waals surface area contributed by atoms with E-state index in [9.17, 15) is 9.59 Å². The van der Waals surface area contributed by atoms with E-state index in [2.05, 4.69) is 5.32 Å². The Morgan fingerprint density at radius 1 is 1.00 bits per heavy atom. The van der Waals surface area contributed by atoms with Crippen molar-refractivity contribution in [3.8, 4) is 11.5 Å². The number of halogens is 2. The molecule has 0 aliphatic carbocycles. The number of nitrogens with one attached hydrogen (secondary N) is 1. The zero-order chi connectivity index (χ0) is 25.1.